The Bertz CT molecular complexity index is 568. The van der Waals surface area contributed by atoms with E-state index in [2.05, 4.69) is 27.7 Å². The molecular formula is C12H10ClIN2O. The zero-order valence-electron chi connectivity index (χ0n) is 8.99. The molecule has 0 fully saturated rings. The van der Waals surface area contributed by atoms with E-state index in [4.69, 9.17) is 16.3 Å². The maximum absolute atomic E-state index is 6.11. The third-order valence-corrected chi connectivity index (χ3v) is 3.53. The maximum atomic E-state index is 6.11. The molecule has 3 nitrogen and oxygen atoms in total. The maximum Gasteiger partial charge on any atom is 0.127 e. The first-order valence-corrected chi connectivity index (χ1v) is 6.80. The molecule has 2 aromatic rings. The van der Waals surface area contributed by atoms with Crippen molar-refractivity contribution in [1.82, 2.24) is 9.78 Å². The lowest BCUT2D eigenvalue weighted by atomic mass is 10.1. The van der Waals surface area contributed by atoms with Gasteiger partial charge in [-0.3, -0.25) is 4.68 Å². The average Bonchev–Trinajstić information content (AvgIpc) is 2.87. The molecule has 1 aromatic carbocycles. The van der Waals surface area contributed by atoms with Crippen molar-refractivity contribution in [2.75, 3.05) is 6.61 Å². The van der Waals surface area contributed by atoms with Crippen LogP contribution in [-0.4, -0.2) is 16.4 Å². The third-order valence-electron chi connectivity index (χ3n) is 2.76. The van der Waals surface area contributed by atoms with E-state index in [1.807, 2.05) is 29.2 Å². The Labute approximate surface area is 118 Å². The van der Waals surface area contributed by atoms with Crippen LogP contribution >= 0.6 is 34.2 Å². The van der Waals surface area contributed by atoms with Gasteiger partial charge in [0.2, 0.25) is 0 Å². The van der Waals surface area contributed by atoms with E-state index in [1.54, 1.807) is 0 Å². The molecule has 0 aliphatic carbocycles. The molecule has 0 saturated heterocycles. The minimum atomic E-state index is 0.700. The van der Waals surface area contributed by atoms with Gasteiger partial charge in [-0.15, -0.1) is 0 Å². The van der Waals surface area contributed by atoms with Gasteiger partial charge in [0.05, 0.1) is 22.9 Å². The van der Waals surface area contributed by atoms with Crippen LogP contribution in [0.3, 0.4) is 0 Å². The van der Waals surface area contributed by atoms with E-state index in [9.17, 15) is 0 Å². The smallest absolute Gasteiger partial charge is 0.127 e. The van der Waals surface area contributed by atoms with E-state index >= 15 is 0 Å². The van der Waals surface area contributed by atoms with Gasteiger partial charge in [-0.05, 0) is 40.3 Å². The molecule has 1 aliphatic heterocycles. The molecule has 1 aromatic heterocycles. The van der Waals surface area contributed by atoms with Crippen LogP contribution in [0, 0.1) is 3.57 Å². The quantitative estimate of drug-likeness (QED) is 0.770. The van der Waals surface area contributed by atoms with Gasteiger partial charge in [0, 0.05) is 23.2 Å². The lowest BCUT2D eigenvalue weighted by Crippen LogP contribution is -2.02. The fraction of sp³-hybridized carbons (Fsp3) is 0.250. The first kappa shape index (κ1) is 11.3. The van der Waals surface area contributed by atoms with E-state index in [-0.39, 0.29) is 0 Å². The largest absolute Gasteiger partial charge is 0.493 e. The molecule has 0 amide bonds. The lowest BCUT2D eigenvalue weighted by Gasteiger charge is -2.09. The molecule has 3 rings (SSSR count). The van der Waals surface area contributed by atoms with Gasteiger partial charge in [-0.25, -0.2) is 0 Å². The van der Waals surface area contributed by atoms with E-state index in [0.29, 0.717) is 6.54 Å². The van der Waals surface area contributed by atoms with Crippen LogP contribution in [0.1, 0.15) is 11.1 Å². The highest BCUT2D eigenvalue weighted by atomic mass is 127. The van der Waals surface area contributed by atoms with Crippen LogP contribution in [0.5, 0.6) is 5.75 Å². The minimum Gasteiger partial charge on any atom is -0.493 e. The van der Waals surface area contributed by atoms with Crippen LogP contribution < -0.4 is 4.74 Å². The molecule has 0 unspecified atom stereocenters. The second kappa shape index (κ2) is 4.49. The number of ether oxygens (including phenoxy) is 1. The predicted octanol–water partition coefficient (Wildman–Crippen LogP) is 3.12. The molecule has 88 valence electrons. The van der Waals surface area contributed by atoms with Crippen molar-refractivity contribution in [1.29, 1.82) is 0 Å². The average molecular weight is 361 g/mol. The summed E-state index contributed by atoms with van der Waals surface area (Å²) in [5.74, 6) is 0.986. The molecule has 2 heterocycles. The summed E-state index contributed by atoms with van der Waals surface area (Å²) in [4.78, 5) is 0. The Morgan fingerprint density at radius 3 is 3.12 bits per heavy atom. The number of hydrogen-bond donors (Lipinski definition) is 0. The first-order chi connectivity index (χ1) is 8.22. The fourth-order valence-corrected chi connectivity index (χ4v) is 2.77. The Kier molecular flexibility index (Phi) is 3.00. The highest BCUT2D eigenvalue weighted by Crippen LogP contribution is 2.33. The van der Waals surface area contributed by atoms with Crippen molar-refractivity contribution >= 4 is 34.2 Å². The van der Waals surface area contributed by atoms with Crippen LogP contribution in [-0.2, 0) is 13.0 Å². The van der Waals surface area contributed by atoms with Crippen molar-refractivity contribution in [3.8, 4) is 5.75 Å². The molecule has 0 radical (unpaired) electrons. The number of aromatic nitrogens is 2. The molecule has 0 saturated carbocycles. The summed E-state index contributed by atoms with van der Waals surface area (Å²) in [5.41, 5.74) is 2.30. The third kappa shape index (κ3) is 2.28. The van der Waals surface area contributed by atoms with Crippen molar-refractivity contribution < 1.29 is 4.74 Å². The lowest BCUT2D eigenvalue weighted by molar-refractivity contribution is 0.352. The SMILES string of the molecule is Clc1cc2c(c(Cn3cc(I)cn3)c1)OCC2. The van der Waals surface area contributed by atoms with E-state index in [1.165, 1.54) is 5.56 Å². The highest BCUT2D eigenvalue weighted by molar-refractivity contribution is 14.1. The summed E-state index contributed by atoms with van der Waals surface area (Å²) in [6, 6.07) is 3.94. The molecule has 0 spiro atoms. The molecule has 5 heteroatoms. The fourth-order valence-electron chi connectivity index (χ4n) is 2.06. The Balaban J connectivity index is 1.98. The van der Waals surface area contributed by atoms with Crippen LogP contribution in [0.25, 0.3) is 0 Å². The topological polar surface area (TPSA) is 27.1 Å². The summed E-state index contributed by atoms with van der Waals surface area (Å²) < 4.78 is 8.69. The summed E-state index contributed by atoms with van der Waals surface area (Å²) in [5, 5.41) is 5.05. The summed E-state index contributed by atoms with van der Waals surface area (Å²) in [7, 11) is 0. The number of benzene rings is 1. The number of hydrogen-bond acceptors (Lipinski definition) is 2. The number of fused-ring (bicyclic) bond motifs is 1. The summed E-state index contributed by atoms with van der Waals surface area (Å²) in [6.07, 6.45) is 4.79. The first-order valence-electron chi connectivity index (χ1n) is 5.34. The molecule has 0 atom stereocenters. The van der Waals surface area contributed by atoms with Crippen LogP contribution in [0.2, 0.25) is 5.02 Å². The molecule has 17 heavy (non-hydrogen) atoms. The van der Waals surface area contributed by atoms with E-state index < -0.39 is 0 Å². The Morgan fingerprint density at radius 2 is 2.35 bits per heavy atom. The Morgan fingerprint density at radius 1 is 1.47 bits per heavy atom. The van der Waals surface area contributed by atoms with Crippen LogP contribution in [0.4, 0.5) is 0 Å². The van der Waals surface area contributed by atoms with Crippen molar-refractivity contribution in [3.05, 3.63) is 44.2 Å². The predicted molar refractivity (Wildman–Crippen MR) is 74.7 cm³/mol. The summed E-state index contributed by atoms with van der Waals surface area (Å²) >= 11 is 8.36. The van der Waals surface area contributed by atoms with Crippen molar-refractivity contribution in [2.45, 2.75) is 13.0 Å². The molecule has 1 aliphatic rings. The summed E-state index contributed by atoms with van der Waals surface area (Å²) in [6.45, 7) is 1.45. The van der Waals surface area contributed by atoms with Crippen LogP contribution in [0.15, 0.2) is 24.5 Å². The van der Waals surface area contributed by atoms with Crippen molar-refractivity contribution in [2.24, 2.45) is 0 Å². The molecule has 0 bridgehead atoms. The Hall–Kier alpha value is -0.750. The normalized spacial score (nSPS) is 13.5. The van der Waals surface area contributed by atoms with Gasteiger partial charge >= 0.3 is 0 Å². The zero-order chi connectivity index (χ0) is 11.8. The van der Waals surface area contributed by atoms with Gasteiger partial charge in [-0.1, -0.05) is 11.6 Å². The highest BCUT2D eigenvalue weighted by Gasteiger charge is 2.17. The number of nitrogens with zero attached hydrogens (tertiary/aromatic N) is 2. The standard InChI is InChI=1S/C12H10ClIN2O/c13-10-3-8-1-2-17-12(8)9(4-10)6-16-7-11(14)5-15-16/h3-5,7H,1-2,6H2. The van der Waals surface area contributed by atoms with Gasteiger partial charge in [-0.2, -0.15) is 5.10 Å². The van der Waals surface area contributed by atoms with Gasteiger partial charge < -0.3 is 4.74 Å². The van der Waals surface area contributed by atoms with Crippen molar-refractivity contribution in [3.63, 3.8) is 0 Å². The van der Waals surface area contributed by atoms with Gasteiger partial charge in [0.1, 0.15) is 5.75 Å². The second-order valence-corrected chi connectivity index (χ2v) is 5.69. The second-order valence-electron chi connectivity index (χ2n) is 4.01. The van der Waals surface area contributed by atoms with Gasteiger partial charge in [0.15, 0.2) is 0 Å². The zero-order valence-corrected chi connectivity index (χ0v) is 11.9. The monoisotopic (exact) mass is 360 g/mol. The van der Waals surface area contributed by atoms with Gasteiger partial charge in [0.25, 0.3) is 0 Å². The van der Waals surface area contributed by atoms with E-state index in [0.717, 1.165) is 32.9 Å². The minimum absolute atomic E-state index is 0.700. The number of halogens is 2. The number of rotatable bonds is 2. The molecule has 0 N–H and O–H groups in total. The molecular weight excluding hydrogens is 351 g/mol.